The molecule has 28 heavy (non-hydrogen) atoms. The van der Waals surface area contributed by atoms with Gasteiger partial charge in [-0.2, -0.15) is 0 Å². The van der Waals surface area contributed by atoms with Gasteiger partial charge in [0.15, 0.2) is 5.13 Å². The molecule has 0 aromatic carbocycles. The van der Waals surface area contributed by atoms with Gasteiger partial charge >= 0.3 is 11.8 Å². The number of carbonyl (C=O) groups excluding carboxylic acids is 2. The topological polar surface area (TPSA) is 87.7 Å². The minimum Gasteiger partial charge on any atom is -0.379 e. The molecule has 0 unspecified atom stereocenters. The van der Waals surface area contributed by atoms with Crippen LogP contribution in [0.2, 0.25) is 0 Å². The lowest BCUT2D eigenvalue weighted by Crippen LogP contribution is -2.39. The maximum Gasteiger partial charge on any atom is 0.315 e. The zero-order valence-electron chi connectivity index (χ0n) is 15.5. The molecule has 0 radical (unpaired) electrons. The van der Waals surface area contributed by atoms with Crippen LogP contribution in [0.25, 0.3) is 0 Å². The quantitative estimate of drug-likeness (QED) is 0.785. The van der Waals surface area contributed by atoms with Gasteiger partial charge in [-0.25, -0.2) is 4.98 Å². The number of nitrogens with one attached hydrogen (secondary N) is 1. The van der Waals surface area contributed by atoms with Gasteiger partial charge in [0.25, 0.3) is 0 Å². The molecule has 4 rings (SSSR count). The number of morpholine rings is 1. The van der Waals surface area contributed by atoms with E-state index >= 15 is 0 Å². The summed E-state index contributed by atoms with van der Waals surface area (Å²) < 4.78 is 5.35. The molecule has 9 heteroatoms. The van der Waals surface area contributed by atoms with E-state index in [1.807, 2.05) is 17.5 Å². The molecule has 2 aliphatic heterocycles. The number of ether oxygens (including phenoxy) is 1. The lowest BCUT2D eigenvalue weighted by Gasteiger charge is -2.25. The summed E-state index contributed by atoms with van der Waals surface area (Å²) in [5.74, 6) is -1.14. The van der Waals surface area contributed by atoms with E-state index in [0.29, 0.717) is 11.7 Å². The third kappa shape index (κ3) is 4.37. The largest absolute Gasteiger partial charge is 0.379 e. The SMILES string of the molecule is O=C(Nc1nc(CN2CCOCC2)cs1)C(=O)N1CCC[C@H]1c1ccncc1. The average Bonchev–Trinajstić information content (AvgIpc) is 3.38. The number of anilines is 1. The highest BCUT2D eigenvalue weighted by molar-refractivity contribution is 7.14. The Morgan fingerprint density at radius 3 is 2.79 bits per heavy atom. The van der Waals surface area contributed by atoms with Crippen LogP contribution in [-0.2, 0) is 20.9 Å². The smallest absolute Gasteiger partial charge is 0.315 e. The summed E-state index contributed by atoms with van der Waals surface area (Å²) in [5.41, 5.74) is 1.90. The zero-order valence-corrected chi connectivity index (χ0v) is 16.4. The number of carbonyl (C=O) groups is 2. The number of aromatic nitrogens is 2. The van der Waals surface area contributed by atoms with E-state index in [2.05, 4.69) is 20.2 Å². The molecule has 2 aromatic rings. The van der Waals surface area contributed by atoms with Gasteiger partial charge in [0.1, 0.15) is 0 Å². The van der Waals surface area contributed by atoms with Crippen molar-refractivity contribution in [2.75, 3.05) is 38.2 Å². The number of thiazole rings is 1. The number of rotatable bonds is 4. The van der Waals surface area contributed by atoms with Gasteiger partial charge in [-0.3, -0.25) is 24.8 Å². The van der Waals surface area contributed by atoms with Crippen LogP contribution in [0.3, 0.4) is 0 Å². The van der Waals surface area contributed by atoms with E-state index in [-0.39, 0.29) is 6.04 Å². The van der Waals surface area contributed by atoms with Crippen molar-refractivity contribution in [3.05, 3.63) is 41.2 Å². The molecule has 1 atom stereocenters. The molecular weight excluding hydrogens is 378 g/mol. The third-order valence-electron chi connectivity index (χ3n) is 5.06. The van der Waals surface area contributed by atoms with Gasteiger partial charge in [0, 0.05) is 44.0 Å². The molecule has 0 bridgehead atoms. The standard InChI is InChI=1S/C19H23N5O3S/c25-17(18(26)24-7-1-2-16(24)14-3-5-20-6-4-14)22-19-21-15(13-28-19)12-23-8-10-27-11-9-23/h3-6,13,16H,1-2,7-12H2,(H,21,22,25)/t16-/m0/s1. The highest BCUT2D eigenvalue weighted by atomic mass is 32.1. The summed E-state index contributed by atoms with van der Waals surface area (Å²) in [5, 5.41) is 5.05. The first kappa shape index (κ1) is 19.0. The summed E-state index contributed by atoms with van der Waals surface area (Å²) >= 11 is 1.34. The Morgan fingerprint density at radius 2 is 2.00 bits per heavy atom. The maximum atomic E-state index is 12.7. The van der Waals surface area contributed by atoms with E-state index in [0.717, 1.165) is 56.9 Å². The van der Waals surface area contributed by atoms with Crippen molar-refractivity contribution in [2.45, 2.75) is 25.4 Å². The van der Waals surface area contributed by atoms with Crippen molar-refractivity contribution in [1.29, 1.82) is 0 Å². The van der Waals surface area contributed by atoms with Crippen LogP contribution in [0.15, 0.2) is 29.9 Å². The second-order valence-corrected chi connectivity index (χ2v) is 7.78. The molecule has 0 aliphatic carbocycles. The Bertz CT molecular complexity index is 822. The molecule has 4 heterocycles. The van der Waals surface area contributed by atoms with Gasteiger partial charge in [-0.05, 0) is 30.5 Å². The maximum absolute atomic E-state index is 12.7. The van der Waals surface area contributed by atoms with Crippen molar-refractivity contribution in [3.8, 4) is 0 Å². The Balaban J connectivity index is 1.36. The monoisotopic (exact) mass is 401 g/mol. The lowest BCUT2D eigenvalue weighted by atomic mass is 10.1. The second kappa shape index (κ2) is 8.76. The van der Waals surface area contributed by atoms with Gasteiger partial charge in [0.05, 0.1) is 24.9 Å². The highest BCUT2D eigenvalue weighted by Gasteiger charge is 2.33. The predicted octanol–water partition coefficient (Wildman–Crippen LogP) is 1.67. The highest BCUT2D eigenvalue weighted by Crippen LogP contribution is 2.31. The molecular formula is C19H23N5O3S. The van der Waals surface area contributed by atoms with Crippen LogP contribution in [0.4, 0.5) is 5.13 Å². The summed E-state index contributed by atoms with van der Waals surface area (Å²) in [6, 6.07) is 3.72. The van der Waals surface area contributed by atoms with Crippen molar-refractivity contribution in [1.82, 2.24) is 19.8 Å². The fourth-order valence-corrected chi connectivity index (χ4v) is 4.34. The second-order valence-electron chi connectivity index (χ2n) is 6.92. The fourth-order valence-electron chi connectivity index (χ4n) is 3.65. The molecule has 1 N–H and O–H groups in total. The van der Waals surface area contributed by atoms with Crippen LogP contribution in [0.5, 0.6) is 0 Å². The Labute approximate surface area is 167 Å². The molecule has 2 aromatic heterocycles. The predicted molar refractivity (Wildman–Crippen MR) is 105 cm³/mol. The number of pyridine rings is 1. The van der Waals surface area contributed by atoms with Crippen LogP contribution in [0, 0.1) is 0 Å². The van der Waals surface area contributed by atoms with Gasteiger partial charge < -0.3 is 9.64 Å². The van der Waals surface area contributed by atoms with E-state index in [4.69, 9.17) is 4.74 Å². The van der Waals surface area contributed by atoms with Gasteiger partial charge in [-0.1, -0.05) is 0 Å². The number of amides is 2. The van der Waals surface area contributed by atoms with E-state index < -0.39 is 11.8 Å². The normalized spacial score (nSPS) is 20.3. The van der Waals surface area contributed by atoms with E-state index in [9.17, 15) is 9.59 Å². The first-order valence-corrected chi connectivity index (χ1v) is 10.3. The van der Waals surface area contributed by atoms with Crippen molar-refractivity contribution in [3.63, 3.8) is 0 Å². The Morgan fingerprint density at radius 1 is 1.21 bits per heavy atom. The summed E-state index contributed by atoms with van der Waals surface area (Å²) in [6.07, 6.45) is 5.15. The van der Waals surface area contributed by atoms with E-state index in [1.165, 1.54) is 11.3 Å². The van der Waals surface area contributed by atoms with Gasteiger partial charge in [-0.15, -0.1) is 11.3 Å². The minimum absolute atomic E-state index is 0.0746. The van der Waals surface area contributed by atoms with Crippen LogP contribution in [0.1, 0.15) is 30.1 Å². The number of nitrogens with zero attached hydrogens (tertiary/aromatic N) is 4. The average molecular weight is 401 g/mol. The first-order valence-electron chi connectivity index (χ1n) is 9.47. The molecule has 0 saturated carbocycles. The molecule has 2 saturated heterocycles. The van der Waals surface area contributed by atoms with Crippen LogP contribution >= 0.6 is 11.3 Å². The lowest BCUT2D eigenvalue weighted by molar-refractivity contribution is -0.143. The molecule has 148 valence electrons. The summed E-state index contributed by atoms with van der Waals surface area (Å²) in [6.45, 7) is 4.53. The summed E-state index contributed by atoms with van der Waals surface area (Å²) in [4.78, 5) is 37.6. The molecule has 2 fully saturated rings. The van der Waals surface area contributed by atoms with Crippen molar-refractivity contribution < 1.29 is 14.3 Å². The number of hydrogen-bond donors (Lipinski definition) is 1. The zero-order chi connectivity index (χ0) is 19.3. The van der Waals surface area contributed by atoms with Gasteiger partial charge in [0.2, 0.25) is 0 Å². The molecule has 0 spiro atoms. The molecule has 8 nitrogen and oxygen atoms in total. The molecule has 2 amide bonds. The fraction of sp³-hybridized carbons (Fsp3) is 0.474. The number of hydrogen-bond acceptors (Lipinski definition) is 7. The van der Waals surface area contributed by atoms with Crippen molar-refractivity contribution >= 4 is 28.3 Å². The van der Waals surface area contributed by atoms with Crippen LogP contribution < -0.4 is 5.32 Å². The third-order valence-corrected chi connectivity index (χ3v) is 5.87. The van der Waals surface area contributed by atoms with Crippen LogP contribution in [-0.4, -0.2) is 64.4 Å². The first-order chi connectivity index (χ1) is 13.7. The van der Waals surface area contributed by atoms with Crippen molar-refractivity contribution in [2.24, 2.45) is 0 Å². The summed E-state index contributed by atoms with van der Waals surface area (Å²) in [7, 11) is 0. The van der Waals surface area contributed by atoms with E-state index in [1.54, 1.807) is 17.3 Å². The molecule has 2 aliphatic rings. The number of likely N-dealkylation sites (tertiary alicyclic amines) is 1. The Hall–Kier alpha value is -2.36. The Kier molecular flexibility index (Phi) is 5.94. The minimum atomic E-state index is -0.631.